The Morgan fingerprint density at radius 1 is 1.32 bits per heavy atom. The number of nitrogens with one attached hydrogen (secondary N) is 1. The average Bonchev–Trinajstić information content (AvgIpc) is 2.95. The summed E-state index contributed by atoms with van der Waals surface area (Å²) >= 11 is 0. The minimum Gasteiger partial charge on any atom is -0.381 e. The van der Waals surface area contributed by atoms with Crippen LogP contribution in [0.15, 0.2) is 41.8 Å². The van der Waals surface area contributed by atoms with E-state index in [0.717, 1.165) is 32.6 Å². The Balaban J connectivity index is 1.66. The molecule has 0 radical (unpaired) electrons. The Hall–Kier alpha value is -1.93. The number of ether oxygens (including phenoxy) is 1. The Bertz CT molecular complexity index is 709. The molecule has 0 bridgehead atoms. The summed E-state index contributed by atoms with van der Waals surface area (Å²) in [4.78, 5) is 3.95. The van der Waals surface area contributed by atoms with Crippen molar-refractivity contribution in [3.8, 4) is 0 Å². The van der Waals surface area contributed by atoms with Gasteiger partial charge in [-0.05, 0) is 30.9 Å². The van der Waals surface area contributed by atoms with Gasteiger partial charge in [0, 0.05) is 38.3 Å². The fourth-order valence-electron chi connectivity index (χ4n) is 2.43. The Kier molecular flexibility index (Phi) is 4.39. The van der Waals surface area contributed by atoms with Crippen molar-refractivity contribution in [1.29, 1.82) is 0 Å². The molecule has 8 heteroatoms. The molecule has 3 heterocycles. The molecule has 0 atom stereocenters. The molecule has 22 heavy (non-hydrogen) atoms. The first-order valence-electron chi connectivity index (χ1n) is 7.16. The van der Waals surface area contributed by atoms with Gasteiger partial charge in [-0.3, -0.25) is 14.4 Å². The summed E-state index contributed by atoms with van der Waals surface area (Å²) in [6.45, 7) is 2.34. The summed E-state index contributed by atoms with van der Waals surface area (Å²) < 4.78 is 34.0. The topological polar surface area (TPSA) is 86.1 Å². The molecule has 0 aliphatic carbocycles. The number of hydrogen-bond acceptors (Lipinski definition) is 5. The normalized spacial score (nSPS) is 16.5. The lowest BCUT2D eigenvalue weighted by atomic mass is 10.0. The number of rotatable bonds is 5. The van der Waals surface area contributed by atoms with Crippen molar-refractivity contribution in [2.45, 2.75) is 24.3 Å². The molecule has 0 spiro atoms. The van der Waals surface area contributed by atoms with E-state index >= 15 is 0 Å². The van der Waals surface area contributed by atoms with Gasteiger partial charge >= 0.3 is 0 Å². The highest BCUT2D eigenvalue weighted by molar-refractivity contribution is 7.92. The number of pyridine rings is 1. The third kappa shape index (κ3) is 3.63. The predicted molar refractivity (Wildman–Crippen MR) is 80.8 cm³/mol. The molecule has 2 aromatic heterocycles. The van der Waals surface area contributed by atoms with Crippen molar-refractivity contribution in [3.05, 3.63) is 36.9 Å². The van der Waals surface area contributed by atoms with Crippen LogP contribution in [0.4, 0.5) is 5.69 Å². The molecule has 1 N–H and O–H groups in total. The van der Waals surface area contributed by atoms with Gasteiger partial charge < -0.3 is 4.74 Å². The largest absolute Gasteiger partial charge is 0.381 e. The number of hydrogen-bond donors (Lipinski definition) is 1. The second-order valence-corrected chi connectivity index (χ2v) is 6.98. The lowest BCUT2D eigenvalue weighted by Gasteiger charge is -2.21. The molecule has 0 saturated carbocycles. The molecule has 1 saturated heterocycles. The Morgan fingerprint density at radius 2 is 2.14 bits per heavy atom. The van der Waals surface area contributed by atoms with Crippen LogP contribution in [0.5, 0.6) is 0 Å². The van der Waals surface area contributed by atoms with Gasteiger partial charge in [0.05, 0.1) is 11.9 Å². The van der Waals surface area contributed by atoms with E-state index in [-0.39, 0.29) is 4.90 Å². The minimum atomic E-state index is -3.62. The van der Waals surface area contributed by atoms with Crippen molar-refractivity contribution in [3.63, 3.8) is 0 Å². The fourth-order valence-corrected chi connectivity index (χ4v) is 3.42. The maximum absolute atomic E-state index is 12.2. The van der Waals surface area contributed by atoms with Crippen LogP contribution in [-0.4, -0.2) is 36.4 Å². The van der Waals surface area contributed by atoms with Gasteiger partial charge in [-0.25, -0.2) is 8.42 Å². The van der Waals surface area contributed by atoms with Gasteiger partial charge in [0.1, 0.15) is 4.90 Å². The summed E-state index contributed by atoms with van der Waals surface area (Å²) in [5.74, 6) is 0.524. The lowest BCUT2D eigenvalue weighted by molar-refractivity contribution is 0.0601. The maximum Gasteiger partial charge on any atom is 0.263 e. The summed E-state index contributed by atoms with van der Waals surface area (Å²) in [7, 11) is -3.62. The van der Waals surface area contributed by atoms with Gasteiger partial charge in [-0.2, -0.15) is 5.10 Å². The van der Waals surface area contributed by atoms with E-state index in [4.69, 9.17) is 4.74 Å². The molecule has 0 aromatic carbocycles. The second kappa shape index (κ2) is 6.45. The molecule has 1 fully saturated rings. The van der Waals surface area contributed by atoms with E-state index in [0.29, 0.717) is 11.6 Å². The highest BCUT2D eigenvalue weighted by Crippen LogP contribution is 2.19. The van der Waals surface area contributed by atoms with Crippen molar-refractivity contribution in [1.82, 2.24) is 14.8 Å². The third-order valence-electron chi connectivity index (χ3n) is 3.62. The van der Waals surface area contributed by atoms with Gasteiger partial charge in [-0.15, -0.1) is 0 Å². The molecule has 1 aliphatic heterocycles. The Labute approximate surface area is 129 Å². The maximum atomic E-state index is 12.2. The lowest BCUT2D eigenvalue weighted by Crippen LogP contribution is -2.20. The zero-order valence-corrected chi connectivity index (χ0v) is 12.9. The van der Waals surface area contributed by atoms with Gasteiger partial charge in [0.25, 0.3) is 10.0 Å². The number of sulfonamides is 1. The van der Waals surface area contributed by atoms with E-state index in [2.05, 4.69) is 14.8 Å². The van der Waals surface area contributed by atoms with Crippen LogP contribution in [0.2, 0.25) is 0 Å². The first kappa shape index (κ1) is 15.0. The van der Waals surface area contributed by atoms with Gasteiger partial charge in [0.2, 0.25) is 0 Å². The summed E-state index contributed by atoms with van der Waals surface area (Å²) in [6.07, 6.45) is 8.10. The molecule has 0 unspecified atom stereocenters. The van der Waals surface area contributed by atoms with E-state index < -0.39 is 10.0 Å². The average molecular weight is 322 g/mol. The summed E-state index contributed by atoms with van der Waals surface area (Å²) in [5.41, 5.74) is 0.455. The summed E-state index contributed by atoms with van der Waals surface area (Å²) in [5, 5.41) is 4.22. The van der Waals surface area contributed by atoms with Gasteiger partial charge in [-0.1, -0.05) is 0 Å². The van der Waals surface area contributed by atoms with Crippen LogP contribution >= 0.6 is 0 Å². The van der Waals surface area contributed by atoms with E-state index in [1.165, 1.54) is 24.7 Å². The van der Waals surface area contributed by atoms with Crippen LogP contribution < -0.4 is 4.72 Å². The number of anilines is 1. The molecule has 1 aliphatic rings. The molecule has 3 rings (SSSR count). The second-order valence-electron chi connectivity index (χ2n) is 5.30. The number of aromatic nitrogens is 3. The Morgan fingerprint density at radius 3 is 2.86 bits per heavy atom. The van der Waals surface area contributed by atoms with Crippen LogP contribution in [0, 0.1) is 5.92 Å². The van der Waals surface area contributed by atoms with Crippen LogP contribution in [0.3, 0.4) is 0 Å². The predicted octanol–water partition coefficient (Wildman–Crippen LogP) is 1.51. The highest BCUT2D eigenvalue weighted by Gasteiger charge is 2.17. The monoisotopic (exact) mass is 322 g/mol. The molecule has 0 amide bonds. The van der Waals surface area contributed by atoms with E-state index in [1.807, 2.05) is 0 Å². The standard InChI is InChI=1S/C14H18N4O3S/c19-22(20,14-2-1-5-15-9-14)17-13-8-16-18(11-13)10-12-3-6-21-7-4-12/h1-2,5,8-9,11-12,17H,3-4,6-7,10H2. The molecule has 2 aromatic rings. The van der Waals surface area contributed by atoms with Crippen molar-refractivity contribution in [2.24, 2.45) is 5.92 Å². The van der Waals surface area contributed by atoms with Gasteiger partial charge in [0.15, 0.2) is 0 Å². The molecule has 118 valence electrons. The minimum absolute atomic E-state index is 0.132. The number of nitrogens with zero attached hydrogens (tertiary/aromatic N) is 3. The first-order valence-corrected chi connectivity index (χ1v) is 8.65. The van der Waals surface area contributed by atoms with Crippen molar-refractivity contribution < 1.29 is 13.2 Å². The van der Waals surface area contributed by atoms with E-state index in [9.17, 15) is 8.42 Å². The smallest absolute Gasteiger partial charge is 0.263 e. The quantitative estimate of drug-likeness (QED) is 0.901. The van der Waals surface area contributed by atoms with Crippen molar-refractivity contribution >= 4 is 15.7 Å². The highest BCUT2D eigenvalue weighted by atomic mass is 32.2. The zero-order chi connectivity index (χ0) is 15.4. The fraction of sp³-hybridized carbons (Fsp3) is 0.429. The summed E-state index contributed by atoms with van der Waals surface area (Å²) in [6, 6.07) is 3.09. The van der Waals surface area contributed by atoms with E-state index in [1.54, 1.807) is 16.9 Å². The van der Waals surface area contributed by atoms with Crippen LogP contribution in [-0.2, 0) is 21.3 Å². The molecule has 7 nitrogen and oxygen atoms in total. The zero-order valence-electron chi connectivity index (χ0n) is 12.1. The first-order chi connectivity index (χ1) is 10.6. The van der Waals surface area contributed by atoms with Crippen LogP contribution in [0.1, 0.15) is 12.8 Å². The molecular formula is C14H18N4O3S. The van der Waals surface area contributed by atoms with Crippen molar-refractivity contribution in [2.75, 3.05) is 17.9 Å². The molecular weight excluding hydrogens is 304 g/mol. The SMILES string of the molecule is O=S(=O)(Nc1cnn(CC2CCOCC2)c1)c1cccnc1. The third-order valence-corrected chi connectivity index (χ3v) is 4.98. The van der Waals surface area contributed by atoms with Crippen LogP contribution in [0.25, 0.3) is 0 Å².